The lowest BCUT2D eigenvalue weighted by atomic mass is 10.3. The minimum atomic E-state index is -2.42. The molecular formula is C12H20F2N2O2. The summed E-state index contributed by atoms with van der Waals surface area (Å²) in [7, 11) is 0. The maximum absolute atomic E-state index is 11.8. The van der Waals surface area contributed by atoms with E-state index >= 15 is 0 Å². The summed E-state index contributed by atoms with van der Waals surface area (Å²) >= 11 is 0. The lowest BCUT2D eigenvalue weighted by Crippen LogP contribution is -2.14. The molecule has 0 bridgehead atoms. The second-order valence-corrected chi connectivity index (χ2v) is 3.89. The Balaban J connectivity index is 2.13. The van der Waals surface area contributed by atoms with E-state index in [4.69, 9.17) is 9.15 Å². The van der Waals surface area contributed by atoms with Crippen LogP contribution in [-0.2, 0) is 17.6 Å². The Hall–Kier alpha value is -1.01. The second kappa shape index (κ2) is 8.99. The first-order chi connectivity index (χ1) is 8.72. The molecule has 0 amide bonds. The summed E-state index contributed by atoms with van der Waals surface area (Å²) in [5.41, 5.74) is 0. The van der Waals surface area contributed by atoms with Gasteiger partial charge in [-0.1, -0.05) is 6.92 Å². The fourth-order valence-corrected chi connectivity index (χ4v) is 1.47. The van der Waals surface area contributed by atoms with Crippen molar-refractivity contribution in [1.82, 2.24) is 10.3 Å². The predicted molar refractivity (Wildman–Crippen MR) is 63.9 cm³/mol. The van der Waals surface area contributed by atoms with E-state index in [0.717, 1.165) is 25.9 Å². The van der Waals surface area contributed by atoms with Gasteiger partial charge in [0, 0.05) is 12.8 Å². The van der Waals surface area contributed by atoms with Crippen molar-refractivity contribution >= 4 is 0 Å². The molecule has 0 saturated heterocycles. The molecule has 1 aromatic rings. The molecule has 0 aliphatic carbocycles. The van der Waals surface area contributed by atoms with Crippen molar-refractivity contribution in [2.24, 2.45) is 0 Å². The molecule has 4 nitrogen and oxygen atoms in total. The highest BCUT2D eigenvalue weighted by atomic mass is 19.3. The van der Waals surface area contributed by atoms with Gasteiger partial charge < -0.3 is 14.5 Å². The largest absolute Gasteiger partial charge is 0.446 e. The van der Waals surface area contributed by atoms with Gasteiger partial charge >= 0.3 is 0 Å². The van der Waals surface area contributed by atoms with Gasteiger partial charge in [-0.2, -0.15) is 0 Å². The van der Waals surface area contributed by atoms with Crippen LogP contribution in [0.25, 0.3) is 0 Å². The number of nitrogens with one attached hydrogen (secondary N) is 1. The highest BCUT2D eigenvalue weighted by Crippen LogP contribution is 2.07. The van der Waals surface area contributed by atoms with Crippen LogP contribution in [0.15, 0.2) is 10.6 Å². The summed E-state index contributed by atoms with van der Waals surface area (Å²) in [6, 6.07) is 0. The third-order valence-electron chi connectivity index (χ3n) is 2.33. The Kier molecular flexibility index (Phi) is 7.52. The minimum Gasteiger partial charge on any atom is -0.446 e. The molecule has 6 heteroatoms. The Morgan fingerprint density at radius 2 is 2.28 bits per heavy atom. The molecule has 1 rings (SSSR count). The number of nitrogens with zero attached hydrogens (tertiary/aromatic N) is 1. The number of halogens is 2. The first-order valence-electron chi connectivity index (χ1n) is 6.22. The molecular weight excluding hydrogens is 242 g/mol. The van der Waals surface area contributed by atoms with Crippen molar-refractivity contribution in [2.75, 3.05) is 26.3 Å². The smallest absolute Gasteiger partial charge is 0.261 e. The van der Waals surface area contributed by atoms with Crippen LogP contribution in [0.2, 0.25) is 0 Å². The molecule has 1 N–H and O–H groups in total. The number of ether oxygens (including phenoxy) is 1. The summed E-state index contributed by atoms with van der Waals surface area (Å²) in [6.07, 6.45) is 1.45. The van der Waals surface area contributed by atoms with Crippen molar-refractivity contribution in [1.29, 1.82) is 0 Å². The van der Waals surface area contributed by atoms with E-state index in [1.807, 2.05) is 0 Å². The first-order valence-corrected chi connectivity index (χ1v) is 6.22. The summed E-state index contributed by atoms with van der Waals surface area (Å²) in [4.78, 5) is 4.13. The lowest BCUT2D eigenvalue weighted by Gasteiger charge is -2.01. The maximum Gasteiger partial charge on any atom is 0.261 e. The normalized spacial score (nSPS) is 11.3. The second-order valence-electron chi connectivity index (χ2n) is 3.89. The summed E-state index contributed by atoms with van der Waals surface area (Å²) in [5, 5.41) is 3.22. The zero-order valence-corrected chi connectivity index (χ0v) is 10.6. The summed E-state index contributed by atoms with van der Waals surface area (Å²) in [5.74, 6) is 1.37. The van der Waals surface area contributed by atoms with Gasteiger partial charge in [-0.25, -0.2) is 13.8 Å². The topological polar surface area (TPSA) is 47.3 Å². The fraction of sp³-hybridized carbons (Fsp3) is 0.750. The lowest BCUT2D eigenvalue weighted by molar-refractivity contribution is 0.0176. The van der Waals surface area contributed by atoms with Crippen molar-refractivity contribution in [3.8, 4) is 0 Å². The van der Waals surface area contributed by atoms with Gasteiger partial charge in [0.15, 0.2) is 5.89 Å². The monoisotopic (exact) mass is 262 g/mol. The number of aromatic nitrogens is 1. The standard InChI is InChI=1S/C12H20F2N2O2/c1-2-15-6-3-4-12-16-8-10(18-12)5-7-17-9-11(13)14/h8,11,15H,2-7,9H2,1H3. The zero-order valence-electron chi connectivity index (χ0n) is 10.6. The van der Waals surface area contributed by atoms with Crippen LogP contribution in [0.5, 0.6) is 0 Å². The van der Waals surface area contributed by atoms with Crippen LogP contribution >= 0.6 is 0 Å². The highest BCUT2D eigenvalue weighted by molar-refractivity contribution is 4.94. The van der Waals surface area contributed by atoms with Gasteiger partial charge in [0.1, 0.15) is 12.4 Å². The molecule has 0 radical (unpaired) electrons. The average molecular weight is 262 g/mol. The van der Waals surface area contributed by atoms with Crippen molar-refractivity contribution in [3.05, 3.63) is 17.8 Å². The number of oxazole rings is 1. The van der Waals surface area contributed by atoms with Crippen molar-refractivity contribution in [3.63, 3.8) is 0 Å². The third kappa shape index (κ3) is 6.66. The third-order valence-corrected chi connectivity index (χ3v) is 2.33. The zero-order chi connectivity index (χ0) is 13.2. The van der Waals surface area contributed by atoms with E-state index in [1.165, 1.54) is 0 Å². The minimum absolute atomic E-state index is 0.233. The van der Waals surface area contributed by atoms with Gasteiger partial charge in [-0.05, 0) is 19.5 Å². The number of alkyl halides is 2. The van der Waals surface area contributed by atoms with E-state index in [0.29, 0.717) is 18.1 Å². The van der Waals surface area contributed by atoms with Gasteiger partial charge in [-0.15, -0.1) is 0 Å². The molecule has 0 aliphatic heterocycles. The molecule has 104 valence electrons. The maximum atomic E-state index is 11.8. The van der Waals surface area contributed by atoms with Crippen LogP contribution in [-0.4, -0.2) is 37.7 Å². The van der Waals surface area contributed by atoms with E-state index in [1.54, 1.807) is 6.20 Å². The highest BCUT2D eigenvalue weighted by Gasteiger charge is 2.05. The molecule has 0 fully saturated rings. The number of aryl methyl sites for hydroxylation is 1. The van der Waals surface area contributed by atoms with Crippen molar-refractivity contribution in [2.45, 2.75) is 32.6 Å². The Morgan fingerprint density at radius 3 is 3.00 bits per heavy atom. The molecule has 1 heterocycles. The summed E-state index contributed by atoms with van der Waals surface area (Å²) in [6.45, 7) is 3.66. The summed E-state index contributed by atoms with van der Waals surface area (Å²) < 4.78 is 33.8. The Morgan fingerprint density at radius 1 is 1.44 bits per heavy atom. The van der Waals surface area contributed by atoms with Gasteiger partial charge in [-0.3, -0.25) is 0 Å². The van der Waals surface area contributed by atoms with Crippen LogP contribution in [0, 0.1) is 0 Å². The van der Waals surface area contributed by atoms with Gasteiger partial charge in [0.2, 0.25) is 0 Å². The fourth-order valence-electron chi connectivity index (χ4n) is 1.47. The Bertz CT molecular complexity index is 319. The molecule has 0 saturated carbocycles. The first kappa shape index (κ1) is 15.0. The molecule has 0 aliphatic rings. The van der Waals surface area contributed by atoms with Crippen LogP contribution in [0.3, 0.4) is 0 Å². The van der Waals surface area contributed by atoms with Crippen LogP contribution in [0.1, 0.15) is 25.0 Å². The molecule has 18 heavy (non-hydrogen) atoms. The quantitative estimate of drug-likeness (QED) is 0.655. The van der Waals surface area contributed by atoms with Crippen molar-refractivity contribution < 1.29 is 17.9 Å². The molecule has 0 atom stereocenters. The van der Waals surface area contributed by atoms with E-state index in [2.05, 4.69) is 17.2 Å². The number of hydrogen-bond acceptors (Lipinski definition) is 4. The molecule has 0 aromatic carbocycles. The molecule has 0 spiro atoms. The van der Waals surface area contributed by atoms with E-state index in [9.17, 15) is 8.78 Å². The van der Waals surface area contributed by atoms with Crippen LogP contribution < -0.4 is 5.32 Å². The van der Waals surface area contributed by atoms with E-state index in [-0.39, 0.29) is 6.61 Å². The number of rotatable bonds is 10. The number of hydrogen-bond donors (Lipinski definition) is 1. The average Bonchev–Trinajstić information content (AvgIpc) is 2.78. The molecule has 1 aromatic heterocycles. The SMILES string of the molecule is CCNCCCc1ncc(CCOCC(F)F)o1. The van der Waals surface area contributed by atoms with Crippen LogP contribution in [0.4, 0.5) is 8.78 Å². The predicted octanol–water partition coefficient (Wildman–Crippen LogP) is 2.04. The van der Waals surface area contributed by atoms with Gasteiger partial charge in [0.25, 0.3) is 6.43 Å². The molecule has 0 unspecified atom stereocenters. The van der Waals surface area contributed by atoms with E-state index < -0.39 is 13.0 Å². The van der Waals surface area contributed by atoms with Gasteiger partial charge in [0.05, 0.1) is 12.8 Å². The Labute approximate surface area is 106 Å².